The SMILES string of the molecule is CC(C)[C@H](NC=O)C(=O)ONc1ccccc1. The standard InChI is InChI=1S/C12H16N2O3/c1-9(2)11(13-8-15)12(16)17-14-10-6-4-3-5-7-10/h3-9,11,14H,1-2H3,(H,13,15)/t11-/m0/s1. The number of rotatable bonds is 6. The fraction of sp³-hybridized carbons (Fsp3) is 0.333. The van der Waals surface area contributed by atoms with E-state index in [4.69, 9.17) is 4.84 Å². The van der Waals surface area contributed by atoms with Crippen LogP contribution >= 0.6 is 0 Å². The van der Waals surface area contributed by atoms with E-state index in [9.17, 15) is 9.59 Å². The van der Waals surface area contributed by atoms with Crippen molar-refractivity contribution in [1.29, 1.82) is 0 Å². The molecular weight excluding hydrogens is 220 g/mol. The van der Waals surface area contributed by atoms with Gasteiger partial charge in [0.25, 0.3) is 0 Å². The number of carbonyl (C=O) groups is 2. The summed E-state index contributed by atoms with van der Waals surface area (Å²) in [5, 5.41) is 2.42. The highest BCUT2D eigenvalue weighted by Gasteiger charge is 2.23. The molecule has 17 heavy (non-hydrogen) atoms. The predicted molar refractivity (Wildman–Crippen MR) is 64.0 cm³/mol. The van der Waals surface area contributed by atoms with Crippen LogP contribution in [0.5, 0.6) is 0 Å². The Morgan fingerprint density at radius 2 is 1.94 bits per heavy atom. The van der Waals surface area contributed by atoms with Gasteiger partial charge in [-0.15, -0.1) is 0 Å². The van der Waals surface area contributed by atoms with E-state index >= 15 is 0 Å². The summed E-state index contributed by atoms with van der Waals surface area (Å²) in [6.45, 7) is 3.65. The molecule has 1 amide bonds. The third-order valence-electron chi connectivity index (χ3n) is 2.21. The number of nitrogens with one attached hydrogen (secondary N) is 2. The van der Waals surface area contributed by atoms with Gasteiger partial charge in [-0.3, -0.25) is 4.79 Å². The molecule has 1 rings (SSSR count). The lowest BCUT2D eigenvalue weighted by Gasteiger charge is -2.18. The van der Waals surface area contributed by atoms with Gasteiger partial charge in [-0.2, -0.15) is 0 Å². The van der Waals surface area contributed by atoms with Gasteiger partial charge < -0.3 is 10.2 Å². The summed E-state index contributed by atoms with van der Waals surface area (Å²) in [5.41, 5.74) is 3.21. The summed E-state index contributed by atoms with van der Waals surface area (Å²) in [6.07, 6.45) is 0.494. The van der Waals surface area contributed by atoms with E-state index in [1.165, 1.54) is 0 Å². The van der Waals surface area contributed by atoms with Crippen molar-refractivity contribution in [3.8, 4) is 0 Å². The summed E-state index contributed by atoms with van der Waals surface area (Å²) in [5.74, 6) is -0.554. The second-order valence-corrected chi connectivity index (χ2v) is 3.90. The molecular formula is C12H16N2O3. The Hall–Kier alpha value is -2.04. The van der Waals surface area contributed by atoms with E-state index in [-0.39, 0.29) is 5.92 Å². The van der Waals surface area contributed by atoms with Crippen molar-refractivity contribution in [3.63, 3.8) is 0 Å². The number of carbonyl (C=O) groups excluding carboxylic acids is 2. The van der Waals surface area contributed by atoms with Crippen LogP contribution in [0.25, 0.3) is 0 Å². The second kappa shape index (κ2) is 6.52. The Balaban J connectivity index is 2.50. The molecule has 0 fully saturated rings. The van der Waals surface area contributed by atoms with Crippen LogP contribution in [0.15, 0.2) is 30.3 Å². The highest BCUT2D eigenvalue weighted by atomic mass is 16.7. The predicted octanol–water partition coefficient (Wildman–Crippen LogP) is 1.33. The first kappa shape index (κ1) is 13.0. The van der Waals surface area contributed by atoms with Gasteiger partial charge >= 0.3 is 5.97 Å². The first-order valence-electron chi connectivity index (χ1n) is 5.36. The number of anilines is 1. The molecule has 0 unspecified atom stereocenters. The largest absolute Gasteiger partial charge is 0.354 e. The molecule has 1 atom stereocenters. The highest BCUT2D eigenvalue weighted by molar-refractivity contribution is 5.79. The van der Waals surface area contributed by atoms with Crippen molar-refractivity contribution in [2.75, 3.05) is 5.48 Å². The molecule has 5 nitrogen and oxygen atoms in total. The van der Waals surface area contributed by atoms with Crippen molar-refractivity contribution < 1.29 is 14.4 Å². The maximum absolute atomic E-state index is 11.6. The van der Waals surface area contributed by atoms with Crippen LogP contribution in [-0.2, 0) is 14.4 Å². The van der Waals surface area contributed by atoms with E-state index in [1.807, 2.05) is 32.0 Å². The summed E-state index contributed by atoms with van der Waals surface area (Å²) < 4.78 is 0. The second-order valence-electron chi connectivity index (χ2n) is 3.90. The Kier molecular flexibility index (Phi) is 5.00. The third kappa shape index (κ3) is 4.14. The van der Waals surface area contributed by atoms with Gasteiger partial charge in [0.05, 0.1) is 5.69 Å². The number of hydrogen-bond acceptors (Lipinski definition) is 4. The quantitative estimate of drug-likeness (QED) is 0.577. The van der Waals surface area contributed by atoms with Gasteiger partial charge in [0.1, 0.15) is 6.04 Å². The monoisotopic (exact) mass is 236 g/mol. The lowest BCUT2D eigenvalue weighted by atomic mass is 10.1. The molecule has 0 saturated carbocycles. The molecule has 2 N–H and O–H groups in total. The molecule has 0 aliphatic heterocycles. The molecule has 0 radical (unpaired) electrons. The summed E-state index contributed by atoms with van der Waals surface area (Å²) in [4.78, 5) is 26.9. The Morgan fingerprint density at radius 1 is 1.29 bits per heavy atom. The maximum Gasteiger partial charge on any atom is 0.354 e. The smallest absolute Gasteiger partial charge is 0.345 e. The molecule has 5 heteroatoms. The molecule has 0 bridgehead atoms. The Morgan fingerprint density at radius 3 is 2.47 bits per heavy atom. The van der Waals surface area contributed by atoms with E-state index < -0.39 is 12.0 Å². The van der Waals surface area contributed by atoms with Crippen LogP contribution in [0.3, 0.4) is 0 Å². The molecule has 0 saturated heterocycles. The van der Waals surface area contributed by atoms with Gasteiger partial charge in [-0.25, -0.2) is 10.3 Å². The minimum atomic E-state index is -0.649. The van der Waals surface area contributed by atoms with Crippen LogP contribution in [0.4, 0.5) is 5.69 Å². The fourth-order valence-electron chi connectivity index (χ4n) is 1.28. The first-order chi connectivity index (χ1) is 8.15. The lowest BCUT2D eigenvalue weighted by Crippen LogP contribution is -2.42. The maximum atomic E-state index is 11.6. The van der Waals surface area contributed by atoms with E-state index in [2.05, 4.69) is 10.8 Å². The van der Waals surface area contributed by atoms with E-state index in [0.717, 1.165) is 0 Å². The highest BCUT2D eigenvalue weighted by Crippen LogP contribution is 2.07. The zero-order valence-electron chi connectivity index (χ0n) is 9.84. The molecule has 0 aliphatic rings. The third-order valence-corrected chi connectivity index (χ3v) is 2.21. The van der Waals surface area contributed by atoms with E-state index in [0.29, 0.717) is 12.1 Å². The lowest BCUT2D eigenvalue weighted by molar-refractivity contribution is -0.145. The zero-order chi connectivity index (χ0) is 12.7. The van der Waals surface area contributed by atoms with Crippen molar-refractivity contribution in [2.24, 2.45) is 5.92 Å². The normalized spacial score (nSPS) is 11.7. The van der Waals surface area contributed by atoms with Gasteiger partial charge in [0, 0.05) is 0 Å². The minimum Gasteiger partial charge on any atom is -0.345 e. The summed E-state index contributed by atoms with van der Waals surface area (Å²) >= 11 is 0. The Labute approximate surface area is 100 Å². The molecule has 1 aromatic carbocycles. The number of hydrogen-bond donors (Lipinski definition) is 2. The number of para-hydroxylation sites is 1. The van der Waals surface area contributed by atoms with Gasteiger partial charge in [-0.1, -0.05) is 32.0 Å². The van der Waals surface area contributed by atoms with Crippen LogP contribution in [0, 0.1) is 5.92 Å². The summed E-state index contributed by atoms with van der Waals surface area (Å²) in [6, 6.07) is 8.39. The van der Waals surface area contributed by atoms with Crippen molar-refractivity contribution in [3.05, 3.63) is 30.3 Å². The minimum absolute atomic E-state index is 0.0368. The van der Waals surface area contributed by atoms with E-state index in [1.54, 1.807) is 12.1 Å². The number of benzene rings is 1. The molecule has 92 valence electrons. The topological polar surface area (TPSA) is 67.4 Å². The summed E-state index contributed by atoms with van der Waals surface area (Å²) in [7, 11) is 0. The van der Waals surface area contributed by atoms with Crippen LogP contribution in [0.2, 0.25) is 0 Å². The van der Waals surface area contributed by atoms with Crippen LogP contribution in [0.1, 0.15) is 13.8 Å². The van der Waals surface area contributed by atoms with Crippen LogP contribution < -0.4 is 10.8 Å². The average molecular weight is 236 g/mol. The van der Waals surface area contributed by atoms with Gasteiger partial charge in [0.2, 0.25) is 6.41 Å². The fourth-order valence-corrected chi connectivity index (χ4v) is 1.28. The molecule has 0 aromatic heterocycles. The first-order valence-corrected chi connectivity index (χ1v) is 5.36. The molecule has 0 aliphatic carbocycles. The van der Waals surface area contributed by atoms with Crippen molar-refractivity contribution >= 4 is 18.1 Å². The van der Waals surface area contributed by atoms with Gasteiger partial charge in [0.15, 0.2) is 0 Å². The van der Waals surface area contributed by atoms with Crippen LogP contribution in [-0.4, -0.2) is 18.4 Å². The Bertz CT molecular complexity index is 365. The van der Waals surface area contributed by atoms with Crippen molar-refractivity contribution in [2.45, 2.75) is 19.9 Å². The van der Waals surface area contributed by atoms with Gasteiger partial charge in [-0.05, 0) is 18.1 Å². The molecule has 0 spiro atoms. The molecule has 1 aromatic rings. The zero-order valence-corrected chi connectivity index (χ0v) is 9.84. The average Bonchev–Trinajstić information content (AvgIpc) is 2.34. The van der Waals surface area contributed by atoms with Crippen molar-refractivity contribution in [1.82, 2.24) is 5.32 Å². The molecule has 0 heterocycles. The number of amides is 1.